The van der Waals surface area contributed by atoms with Crippen molar-refractivity contribution in [3.05, 3.63) is 27.8 Å². The van der Waals surface area contributed by atoms with E-state index in [2.05, 4.69) is 4.42 Å². The normalized spacial score (nSPS) is 9.83. The summed E-state index contributed by atoms with van der Waals surface area (Å²) in [5, 5.41) is 8.05. The van der Waals surface area contributed by atoms with Crippen molar-refractivity contribution in [2.75, 3.05) is 0 Å². The van der Waals surface area contributed by atoms with E-state index in [1.54, 1.807) is 0 Å². The summed E-state index contributed by atoms with van der Waals surface area (Å²) in [4.78, 5) is 21.4. The Labute approximate surface area is 72.4 Å². The third kappa shape index (κ3) is 1.48. The lowest BCUT2D eigenvalue weighted by atomic mass is 10.2. The molecular weight excluding hydrogens is 184 g/mol. The van der Waals surface area contributed by atoms with Gasteiger partial charge in [-0.25, -0.2) is 4.79 Å². The first-order chi connectivity index (χ1) is 5.52. The van der Waals surface area contributed by atoms with Gasteiger partial charge in [0.15, 0.2) is 5.56 Å². The standard InChI is InChI=1S/C7H5ClO4/c1-3-2-4(9)5(6(8)10)7(11)12-3/h2,9H,1H3. The average molecular weight is 189 g/mol. The first-order valence-corrected chi connectivity index (χ1v) is 3.43. The summed E-state index contributed by atoms with van der Waals surface area (Å²) in [7, 11) is 0. The van der Waals surface area contributed by atoms with E-state index in [-0.39, 0.29) is 5.76 Å². The lowest BCUT2D eigenvalue weighted by Crippen LogP contribution is -2.10. The number of carbonyl (C=O) groups is 1. The summed E-state index contributed by atoms with van der Waals surface area (Å²) in [6.45, 7) is 1.48. The van der Waals surface area contributed by atoms with Gasteiger partial charge in [-0.1, -0.05) is 0 Å². The maximum atomic E-state index is 10.9. The Hall–Kier alpha value is -1.29. The third-order valence-electron chi connectivity index (χ3n) is 1.25. The summed E-state index contributed by atoms with van der Waals surface area (Å²) < 4.78 is 4.53. The van der Waals surface area contributed by atoms with Crippen molar-refractivity contribution < 1.29 is 14.3 Å². The van der Waals surface area contributed by atoms with Crippen molar-refractivity contribution in [1.29, 1.82) is 0 Å². The quantitative estimate of drug-likeness (QED) is 0.669. The van der Waals surface area contributed by atoms with Crippen LogP contribution in [0.2, 0.25) is 0 Å². The molecule has 4 nitrogen and oxygen atoms in total. The zero-order valence-electron chi connectivity index (χ0n) is 6.13. The van der Waals surface area contributed by atoms with Crippen LogP contribution in [-0.2, 0) is 0 Å². The molecule has 0 aromatic carbocycles. The van der Waals surface area contributed by atoms with Crippen LogP contribution < -0.4 is 5.63 Å². The van der Waals surface area contributed by atoms with E-state index in [0.717, 1.165) is 6.07 Å². The molecule has 64 valence electrons. The van der Waals surface area contributed by atoms with Crippen LogP contribution in [0.1, 0.15) is 16.1 Å². The number of halogens is 1. The number of aryl methyl sites for hydroxylation is 1. The van der Waals surface area contributed by atoms with Gasteiger partial charge in [-0.3, -0.25) is 4.79 Å². The van der Waals surface area contributed by atoms with E-state index >= 15 is 0 Å². The molecule has 1 N–H and O–H groups in total. The minimum absolute atomic E-state index is 0.221. The van der Waals surface area contributed by atoms with Gasteiger partial charge in [0.1, 0.15) is 11.5 Å². The van der Waals surface area contributed by atoms with E-state index in [1.807, 2.05) is 0 Å². The monoisotopic (exact) mass is 188 g/mol. The van der Waals surface area contributed by atoms with Crippen LogP contribution in [0, 0.1) is 6.92 Å². The predicted molar refractivity (Wildman–Crippen MR) is 41.6 cm³/mol. The molecule has 0 aliphatic carbocycles. The van der Waals surface area contributed by atoms with Crippen LogP contribution in [-0.4, -0.2) is 10.3 Å². The van der Waals surface area contributed by atoms with Crippen LogP contribution in [0.15, 0.2) is 15.3 Å². The molecule has 0 aliphatic rings. The number of aromatic hydroxyl groups is 1. The zero-order valence-corrected chi connectivity index (χ0v) is 6.88. The number of carbonyl (C=O) groups excluding carboxylic acids is 1. The SMILES string of the molecule is Cc1cc(O)c(C(=O)Cl)c(=O)o1. The van der Waals surface area contributed by atoms with E-state index in [0.29, 0.717) is 0 Å². The molecule has 0 saturated carbocycles. The fraction of sp³-hybridized carbons (Fsp3) is 0.143. The molecule has 0 amide bonds. The highest BCUT2D eigenvalue weighted by atomic mass is 35.5. The van der Waals surface area contributed by atoms with Gasteiger partial charge >= 0.3 is 5.63 Å². The largest absolute Gasteiger partial charge is 0.507 e. The van der Waals surface area contributed by atoms with Crippen molar-refractivity contribution in [3.8, 4) is 5.75 Å². The van der Waals surface area contributed by atoms with Gasteiger partial charge in [0.2, 0.25) is 0 Å². The van der Waals surface area contributed by atoms with Crippen molar-refractivity contribution in [3.63, 3.8) is 0 Å². The van der Waals surface area contributed by atoms with Gasteiger partial charge in [0, 0.05) is 6.07 Å². The van der Waals surface area contributed by atoms with Crippen molar-refractivity contribution in [2.24, 2.45) is 0 Å². The molecule has 5 heteroatoms. The maximum absolute atomic E-state index is 10.9. The Bertz CT molecular complexity index is 379. The van der Waals surface area contributed by atoms with Crippen LogP contribution in [0.3, 0.4) is 0 Å². The molecule has 0 fully saturated rings. The molecule has 12 heavy (non-hydrogen) atoms. The van der Waals surface area contributed by atoms with Crippen LogP contribution >= 0.6 is 11.6 Å². The molecule has 0 saturated heterocycles. The summed E-state index contributed by atoms with van der Waals surface area (Å²) in [5.74, 6) is -0.233. The Balaban J connectivity index is 3.49. The topological polar surface area (TPSA) is 67.5 Å². The first-order valence-electron chi connectivity index (χ1n) is 3.06. The smallest absolute Gasteiger partial charge is 0.352 e. The lowest BCUT2D eigenvalue weighted by Gasteiger charge is -1.97. The van der Waals surface area contributed by atoms with E-state index in [9.17, 15) is 9.59 Å². The molecule has 1 aromatic heterocycles. The highest BCUT2D eigenvalue weighted by Gasteiger charge is 2.15. The van der Waals surface area contributed by atoms with Crippen LogP contribution in [0.25, 0.3) is 0 Å². The van der Waals surface area contributed by atoms with Crippen LogP contribution in [0.5, 0.6) is 5.75 Å². The molecule has 1 aromatic rings. The van der Waals surface area contributed by atoms with Gasteiger partial charge < -0.3 is 9.52 Å². The highest BCUT2D eigenvalue weighted by Crippen LogP contribution is 2.15. The van der Waals surface area contributed by atoms with Gasteiger partial charge in [0.05, 0.1) is 0 Å². The van der Waals surface area contributed by atoms with Gasteiger partial charge in [0.25, 0.3) is 5.24 Å². The average Bonchev–Trinajstić information content (AvgIpc) is 1.82. The fourth-order valence-electron chi connectivity index (χ4n) is 0.777. The lowest BCUT2D eigenvalue weighted by molar-refractivity contribution is 0.107. The Morgan fingerprint density at radius 2 is 2.25 bits per heavy atom. The summed E-state index contributed by atoms with van der Waals surface area (Å²) >= 11 is 5.01. The van der Waals surface area contributed by atoms with Crippen LogP contribution in [0.4, 0.5) is 0 Å². The van der Waals surface area contributed by atoms with Crippen molar-refractivity contribution in [1.82, 2.24) is 0 Å². The zero-order chi connectivity index (χ0) is 9.30. The predicted octanol–water partition coefficient (Wildman–Crippen LogP) is 1.03. The number of hydrogen-bond acceptors (Lipinski definition) is 4. The van der Waals surface area contributed by atoms with Crippen molar-refractivity contribution in [2.45, 2.75) is 6.92 Å². The Kier molecular flexibility index (Phi) is 2.19. The first kappa shape index (κ1) is 8.80. The molecule has 0 bridgehead atoms. The summed E-state index contributed by atoms with van der Waals surface area (Å²) in [5.41, 5.74) is -1.45. The Morgan fingerprint density at radius 1 is 1.67 bits per heavy atom. The molecule has 1 rings (SSSR count). The van der Waals surface area contributed by atoms with E-state index in [4.69, 9.17) is 16.7 Å². The minimum Gasteiger partial charge on any atom is -0.507 e. The molecule has 0 spiro atoms. The second-order valence-corrected chi connectivity index (χ2v) is 2.52. The molecule has 1 heterocycles. The Morgan fingerprint density at radius 3 is 2.67 bits per heavy atom. The molecule has 0 unspecified atom stereocenters. The fourth-order valence-corrected chi connectivity index (χ4v) is 0.951. The molecule has 0 atom stereocenters. The van der Waals surface area contributed by atoms with Crippen molar-refractivity contribution >= 4 is 16.8 Å². The summed E-state index contributed by atoms with van der Waals surface area (Å²) in [6, 6.07) is 1.15. The maximum Gasteiger partial charge on any atom is 0.352 e. The highest BCUT2D eigenvalue weighted by molar-refractivity contribution is 6.68. The molecule has 0 radical (unpaired) electrons. The second-order valence-electron chi connectivity index (χ2n) is 2.18. The second kappa shape index (κ2) is 2.98. The minimum atomic E-state index is -1.03. The third-order valence-corrected chi connectivity index (χ3v) is 1.44. The molecule has 0 aliphatic heterocycles. The van der Waals surface area contributed by atoms with Gasteiger partial charge in [-0.15, -0.1) is 0 Å². The number of rotatable bonds is 1. The van der Waals surface area contributed by atoms with Gasteiger partial charge in [-0.05, 0) is 18.5 Å². The summed E-state index contributed by atoms with van der Waals surface area (Å²) in [6.07, 6.45) is 0. The van der Waals surface area contributed by atoms with E-state index in [1.165, 1.54) is 6.92 Å². The van der Waals surface area contributed by atoms with E-state index < -0.39 is 22.2 Å². The molecular formula is C7H5ClO4. The number of hydrogen-bond donors (Lipinski definition) is 1. The van der Waals surface area contributed by atoms with Gasteiger partial charge in [-0.2, -0.15) is 0 Å².